The highest BCUT2D eigenvalue weighted by molar-refractivity contribution is 6.10. The Morgan fingerprint density at radius 2 is 1.70 bits per heavy atom. The third-order valence-electron chi connectivity index (χ3n) is 6.70. The topological polar surface area (TPSA) is 63.7 Å². The van der Waals surface area contributed by atoms with Crippen LogP contribution in [0.4, 0.5) is 5.69 Å². The van der Waals surface area contributed by atoms with E-state index >= 15 is 0 Å². The number of allylic oxidation sites excluding steroid dienone is 2. The fourth-order valence-corrected chi connectivity index (χ4v) is 5.04. The molecular formula is C28H31NO4. The van der Waals surface area contributed by atoms with Crippen molar-refractivity contribution in [3.63, 3.8) is 0 Å². The number of ketones is 1. The summed E-state index contributed by atoms with van der Waals surface area (Å²) in [6.07, 6.45) is 1.20. The Bertz CT molecular complexity index is 1140. The molecular weight excluding hydrogens is 414 g/mol. The third-order valence-corrected chi connectivity index (χ3v) is 6.70. The number of nitrogens with zero attached hydrogens (tertiary/aromatic N) is 1. The molecule has 0 saturated carbocycles. The Morgan fingerprint density at radius 3 is 2.33 bits per heavy atom. The largest absolute Gasteiger partial charge is 0.465 e. The number of hydrogen-bond donors (Lipinski definition) is 0. The van der Waals surface area contributed by atoms with Crippen LogP contribution in [-0.2, 0) is 14.3 Å². The lowest BCUT2D eigenvalue weighted by Crippen LogP contribution is -2.44. The number of carbonyl (C=O) groups is 3. The molecule has 0 bridgehead atoms. The van der Waals surface area contributed by atoms with Gasteiger partial charge in [0, 0.05) is 30.0 Å². The number of esters is 1. The van der Waals surface area contributed by atoms with E-state index in [0.717, 1.165) is 5.56 Å². The lowest BCUT2D eigenvalue weighted by Gasteiger charge is -2.43. The van der Waals surface area contributed by atoms with E-state index in [0.29, 0.717) is 41.3 Å². The molecule has 0 fully saturated rings. The molecule has 172 valence electrons. The van der Waals surface area contributed by atoms with E-state index in [1.807, 2.05) is 26.0 Å². The Labute approximate surface area is 195 Å². The van der Waals surface area contributed by atoms with Crippen molar-refractivity contribution in [2.24, 2.45) is 5.41 Å². The van der Waals surface area contributed by atoms with Crippen LogP contribution in [-0.4, -0.2) is 24.8 Å². The van der Waals surface area contributed by atoms with Crippen molar-refractivity contribution in [2.75, 3.05) is 12.0 Å². The van der Waals surface area contributed by atoms with E-state index < -0.39 is 5.97 Å². The standard InChI is InChI=1S/C28H31NO4/c1-17(2)18-10-12-19(13-11-18)21-14-25(31)29(22-9-7-6-8-20(22)27(32)33-5)23-15-28(3,4)16-24(30)26(21)23/h6-13,17,21H,14-16H2,1-5H3. The maximum absolute atomic E-state index is 13.6. The van der Waals surface area contributed by atoms with Gasteiger partial charge in [0.25, 0.3) is 0 Å². The predicted molar refractivity (Wildman–Crippen MR) is 128 cm³/mol. The second-order valence-corrected chi connectivity index (χ2v) is 10.1. The first-order valence-corrected chi connectivity index (χ1v) is 11.5. The van der Waals surface area contributed by atoms with Gasteiger partial charge in [0.15, 0.2) is 5.78 Å². The fraction of sp³-hybridized carbons (Fsp3) is 0.393. The number of anilines is 1. The SMILES string of the molecule is COC(=O)c1ccccc1N1C(=O)CC(c2ccc(C(C)C)cc2)C2=C1CC(C)(C)CC2=O. The van der Waals surface area contributed by atoms with Crippen molar-refractivity contribution in [3.05, 3.63) is 76.5 Å². The monoisotopic (exact) mass is 445 g/mol. The highest BCUT2D eigenvalue weighted by Gasteiger charge is 2.45. The Hall–Kier alpha value is -3.21. The molecule has 1 aliphatic carbocycles. The third kappa shape index (κ3) is 4.24. The van der Waals surface area contributed by atoms with Gasteiger partial charge in [-0.3, -0.25) is 14.5 Å². The van der Waals surface area contributed by atoms with Crippen LogP contribution in [0, 0.1) is 5.41 Å². The molecule has 4 rings (SSSR count). The summed E-state index contributed by atoms with van der Waals surface area (Å²) in [5.41, 5.74) is 4.12. The van der Waals surface area contributed by atoms with Gasteiger partial charge in [-0.25, -0.2) is 4.79 Å². The summed E-state index contributed by atoms with van der Waals surface area (Å²) >= 11 is 0. The first-order chi connectivity index (χ1) is 15.6. The van der Waals surface area contributed by atoms with Gasteiger partial charge in [0.2, 0.25) is 5.91 Å². The molecule has 5 heteroatoms. The molecule has 0 spiro atoms. The number of hydrogen-bond acceptors (Lipinski definition) is 4. The second kappa shape index (κ2) is 8.62. The Balaban J connectivity index is 1.89. The number of carbonyl (C=O) groups excluding carboxylic acids is 3. The molecule has 1 atom stereocenters. The van der Waals surface area contributed by atoms with Gasteiger partial charge < -0.3 is 4.74 Å². The minimum absolute atomic E-state index is 0.0761. The van der Waals surface area contributed by atoms with E-state index in [2.05, 4.69) is 26.0 Å². The van der Waals surface area contributed by atoms with Crippen LogP contribution >= 0.6 is 0 Å². The van der Waals surface area contributed by atoms with Gasteiger partial charge in [-0.2, -0.15) is 0 Å². The van der Waals surface area contributed by atoms with Crippen molar-refractivity contribution in [1.29, 1.82) is 0 Å². The van der Waals surface area contributed by atoms with Crippen molar-refractivity contribution >= 4 is 23.3 Å². The molecule has 0 N–H and O–H groups in total. The minimum atomic E-state index is -0.506. The van der Waals surface area contributed by atoms with Gasteiger partial charge in [-0.1, -0.05) is 64.1 Å². The highest BCUT2D eigenvalue weighted by atomic mass is 16.5. The van der Waals surface area contributed by atoms with Gasteiger partial charge in [-0.05, 0) is 41.0 Å². The molecule has 5 nitrogen and oxygen atoms in total. The molecule has 0 saturated heterocycles. The molecule has 2 aliphatic rings. The molecule has 1 unspecified atom stereocenters. The van der Waals surface area contributed by atoms with Gasteiger partial charge in [0.1, 0.15) is 0 Å². The maximum Gasteiger partial charge on any atom is 0.339 e. The number of Topliss-reactive ketones (excluding diaryl/α,β-unsaturated/α-hetero) is 1. The number of ether oxygens (including phenoxy) is 1. The Kier molecular flexibility index (Phi) is 6.00. The Morgan fingerprint density at radius 1 is 1.03 bits per heavy atom. The summed E-state index contributed by atoms with van der Waals surface area (Å²) in [5.74, 6) is -0.419. The summed E-state index contributed by atoms with van der Waals surface area (Å²) in [7, 11) is 1.33. The number of rotatable bonds is 4. The molecule has 0 aromatic heterocycles. The second-order valence-electron chi connectivity index (χ2n) is 10.1. The minimum Gasteiger partial charge on any atom is -0.465 e. The van der Waals surface area contributed by atoms with Gasteiger partial charge in [0.05, 0.1) is 18.4 Å². The molecule has 1 heterocycles. The normalized spacial score (nSPS) is 20.2. The van der Waals surface area contributed by atoms with E-state index in [9.17, 15) is 14.4 Å². The zero-order valence-electron chi connectivity index (χ0n) is 20.0. The summed E-state index contributed by atoms with van der Waals surface area (Å²) in [5, 5.41) is 0. The van der Waals surface area contributed by atoms with Gasteiger partial charge >= 0.3 is 5.97 Å². The average Bonchev–Trinajstić information content (AvgIpc) is 2.77. The zero-order chi connectivity index (χ0) is 23.9. The van der Waals surface area contributed by atoms with E-state index in [1.165, 1.54) is 12.7 Å². The molecule has 1 amide bonds. The van der Waals surface area contributed by atoms with Crippen LogP contribution in [0.15, 0.2) is 59.8 Å². The first-order valence-electron chi connectivity index (χ1n) is 11.5. The lowest BCUT2D eigenvalue weighted by atomic mass is 9.69. The molecule has 2 aromatic carbocycles. The van der Waals surface area contributed by atoms with Crippen molar-refractivity contribution < 1.29 is 19.1 Å². The summed E-state index contributed by atoms with van der Waals surface area (Å²) in [6, 6.07) is 15.2. The lowest BCUT2D eigenvalue weighted by molar-refractivity contribution is -0.121. The van der Waals surface area contributed by atoms with Gasteiger partial charge in [-0.15, -0.1) is 0 Å². The maximum atomic E-state index is 13.6. The average molecular weight is 446 g/mol. The summed E-state index contributed by atoms with van der Waals surface area (Å²) in [6.45, 7) is 8.38. The van der Waals surface area contributed by atoms with Crippen LogP contribution in [0.5, 0.6) is 0 Å². The van der Waals surface area contributed by atoms with Crippen LogP contribution in [0.3, 0.4) is 0 Å². The molecule has 1 aliphatic heterocycles. The van der Waals surface area contributed by atoms with E-state index in [1.54, 1.807) is 29.2 Å². The summed E-state index contributed by atoms with van der Waals surface area (Å²) in [4.78, 5) is 41.2. The van der Waals surface area contributed by atoms with Crippen molar-refractivity contribution in [2.45, 2.75) is 58.8 Å². The number of amides is 1. The fourth-order valence-electron chi connectivity index (χ4n) is 5.04. The van der Waals surface area contributed by atoms with Crippen molar-refractivity contribution in [3.8, 4) is 0 Å². The summed E-state index contributed by atoms with van der Waals surface area (Å²) < 4.78 is 4.96. The molecule has 2 aromatic rings. The number of para-hydroxylation sites is 1. The predicted octanol–water partition coefficient (Wildman–Crippen LogP) is 5.76. The van der Waals surface area contributed by atoms with Crippen LogP contribution in [0.1, 0.15) is 80.3 Å². The first kappa shape index (κ1) is 23.0. The number of methoxy groups -OCH3 is 1. The molecule has 33 heavy (non-hydrogen) atoms. The highest BCUT2D eigenvalue weighted by Crippen LogP contribution is 2.48. The smallest absolute Gasteiger partial charge is 0.339 e. The van der Waals surface area contributed by atoms with Crippen molar-refractivity contribution in [1.82, 2.24) is 0 Å². The van der Waals surface area contributed by atoms with Crippen LogP contribution < -0.4 is 4.90 Å². The van der Waals surface area contributed by atoms with E-state index in [4.69, 9.17) is 4.74 Å². The molecule has 0 radical (unpaired) electrons. The quantitative estimate of drug-likeness (QED) is 0.561. The van der Waals surface area contributed by atoms with Crippen LogP contribution in [0.25, 0.3) is 0 Å². The zero-order valence-corrected chi connectivity index (χ0v) is 20.0. The van der Waals surface area contributed by atoms with E-state index in [-0.39, 0.29) is 29.4 Å². The number of benzene rings is 2. The van der Waals surface area contributed by atoms with Crippen LogP contribution in [0.2, 0.25) is 0 Å².